The van der Waals surface area contributed by atoms with Gasteiger partial charge in [-0.25, -0.2) is 8.42 Å². The third kappa shape index (κ3) is 6.70. The molecule has 0 atom stereocenters. The molecule has 0 unspecified atom stereocenters. The van der Waals surface area contributed by atoms with E-state index in [0.29, 0.717) is 17.1 Å². The number of nitrogens with zero attached hydrogens (tertiary/aromatic N) is 3. The molecule has 0 saturated carbocycles. The SMILES string of the molecule is O=S(=O)([O-])c1ccc(Nc2nc(Nc3ccc4ccc(O)cc4c3)nc(Nc3ccc4ccc(O)cc4c3)n2)cc1.[Na+]. The number of fused-ring (bicyclic) bond motifs is 2. The molecule has 204 valence electrons. The van der Waals surface area contributed by atoms with E-state index in [0.717, 1.165) is 21.5 Å². The van der Waals surface area contributed by atoms with Crippen LogP contribution in [0.3, 0.4) is 0 Å². The Bertz CT molecular complexity index is 1940. The van der Waals surface area contributed by atoms with Gasteiger partial charge >= 0.3 is 29.6 Å². The monoisotopic (exact) mass is 588 g/mol. The molecular formula is C29H21N6NaO5S. The molecule has 0 bridgehead atoms. The fourth-order valence-corrected chi connectivity index (χ4v) is 4.73. The molecule has 0 spiro atoms. The number of phenolic OH excluding ortho intramolecular Hbond substituents is 2. The van der Waals surface area contributed by atoms with Crippen molar-refractivity contribution in [2.24, 2.45) is 0 Å². The molecule has 42 heavy (non-hydrogen) atoms. The van der Waals surface area contributed by atoms with E-state index in [1.165, 1.54) is 24.3 Å². The summed E-state index contributed by atoms with van der Waals surface area (Å²) in [6.45, 7) is 0. The zero-order valence-corrected chi connectivity index (χ0v) is 24.9. The smallest absolute Gasteiger partial charge is 0.744 e. The first-order valence-corrected chi connectivity index (χ1v) is 13.7. The Kier molecular flexibility index (Phi) is 8.16. The van der Waals surface area contributed by atoms with E-state index in [4.69, 9.17) is 0 Å². The number of nitrogens with one attached hydrogen (secondary N) is 3. The molecule has 0 aliphatic heterocycles. The van der Waals surface area contributed by atoms with Crippen molar-refractivity contribution in [1.82, 2.24) is 15.0 Å². The van der Waals surface area contributed by atoms with Gasteiger partial charge in [-0.3, -0.25) is 0 Å². The Morgan fingerprint density at radius 3 is 1.33 bits per heavy atom. The first-order valence-electron chi connectivity index (χ1n) is 12.3. The van der Waals surface area contributed by atoms with Crippen molar-refractivity contribution in [3.8, 4) is 11.5 Å². The summed E-state index contributed by atoms with van der Waals surface area (Å²) in [6.07, 6.45) is 0. The normalized spacial score (nSPS) is 11.2. The van der Waals surface area contributed by atoms with Crippen molar-refractivity contribution in [1.29, 1.82) is 0 Å². The van der Waals surface area contributed by atoms with Crippen LogP contribution < -0.4 is 45.5 Å². The molecule has 5 N–H and O–H groups in total. The molecule has 11 nitrogen and oxygen atoms in total. The maximum absolute atomic E-state index is 11.3. The molecule has 6 rings (SSSR count). The van der Waals surface area contributed by atoms with Crippen LogP contribution in [-0.2, 0) is 10.1 Å². The van der Waals surface area contributed by atoms with Crippen LogP contribution in [0.25, 0.3) is 21.5 Å². The van der Waals surface area contributed by atoms with Gasteiger partial charge < -0.3 is 30.7 Å². The molecule has 0 radical (unpaired) electrons. The van der Waals surface area contributed by atoms with E-state index in [1.807, 2.05) is 48.5 Å². The topological polar surface area (TPSA) is 172 Å². The minimum atomic E-state index is -4.58. The predicted octanol–water partition coefficient (Wildman–Crippen LogP) is 2.73. The van der Waals surface area contributed by atoms with Gasteiger partial charge in [0.1, 0.15) is 21.6 Å². The Hall–Kier alpha value is -4.46. The number of benzene rings is 5. The van der Waals surface area contributed by atoms with Crippen LogP contribution >= 0.6 is 0 Å². The van der Waals surface area contributed by atoms with Crippen molar-refractivity contribution in [3.05, 3.63) is 97.1 Å². The van der Waals surface area contributed by atoms with Crippen LogP contribution in [0.4, 0.5) is 34.9 Å². The molecule has 1 heterocycles. The average Bonchev–Trinajstić information content (AvgIpc) is 2.92. The fraction of sp³-hybridized carbons (Fsp3) is 0. The third-order valence-corrected chi connectivity index (χ3v) is 7.04. The summed E-state index contributed by atoms with van der Waals surface area (Å²) in [6, 6.07) is 26.6. The average molecular weight is 589 g/mol. The quantitative estimate of drug-likeness (QED) is 0.137. The van der Waals surface area contributed by atoms with Crippen molar-refractivity contribution in [3.63, 3.8) is 0 Å². The summed E-state index contributed by atoms with van der Waals surface area (Å²) >= 11 is 0. The first-order chi connectivity index (χ1) is 19.7. The van der Waals surface area contributed by atoms with E-state index >= 15 is 0 Å². The zero-order valence-electron chi connectivity index (χ0n) is 22.1. The minimum absolute atomic E-state index is 0. The largest absolute Gasteiger partial charge is 1.00 e. The molecule has 0 aliphatic rings. The van der Waals surface area contributed by atoms with Crippen molar-refractivity contribution in [2.45, 2.75) is 4.90 Å². The molecule has 0 aliphatic carbocycles. The van der Waals surface area contributed by atoms with Crippen LogP contribution in [0, 0.1) is 0 Å². The van der Waals surface area contributed by atoms with E-state index in [9.17, 15) is 23.2 Å². The van der Waals surface area contributed by atoms with Gasteiger partial charge in [-0.05, 0) is 94.3 Å². The van der Waals surface area contributed by atoms with E-state index < -0.39 is 10.1 Å². The minimum Gasteiger partial charge on any atom is -0.744 e. The Balaban J connectivity index is 0.00000353. The van der Waals surface area contributed by atoms with Gasteiger partial charge in [-0.2, -0.15) is 15.0 Å². The number of rotatable bonds is 7. The number of aromatic nitrogens is 3. The number of aromatic hydroxyl groups is 2. The van der Waals surface area contributed by atoms with Crippen LogP contribution in [-0.4, -0.2) is 38.1 Å². The van der Waals surface area contributed by atoms with Crippen LogP contribution in [0.15, 0.2) is 102 Å². The molecule has 0 fully saturated rings. The molecule has 1 aromatic heterocycles. The van der Waals surface area contributed by atoms with E-state index in [1.54, 1.807) is 24.3 Å². The number of hydrogen-bond donors (Lipinski definition) is 5. The summed E-state index contributed by atoms with van der Waals surface area (Å²) in [5, 5.41) is 32.6. The summed E-state index contributed by atoms with van der Waals surface area (Å²) in [5.74, 6) is 0.822. The summed E-state index contributed by atoms with van der Waals surface area (Å²) in [4.78, 5) is 13.0. The molecule has 0 saturated heterocycles. The van der Waals surface area contributed by atoms with Gasteiger partial charge in [-0.15, -0.1) is 0 Å². The number of anilines is 6. The molecule has 0 amide bonds. The Morgan fingerprint density at radius 2 is 0.905 bits per heavy atom. The van der Waals surface area contributed by atoms with E-state index in [-0.39, 0.29) is 63.8 Å². The Labute approximate surface area is 262 Å². The second-order valence-electron chi connectivity index (χ2n) is 9.15. The van der Waals surface area contributed by atoms with Gasteiger partial charge in [-0.1, -0.05) is 24.3 Å². The van der Waals surface area contributed by atoms with Crippen molar-refractivity contribution < 1.29 is 52.7 Å². The summed E-state index contributed by atoms with van der Waals surface area (Å²) < 4.78 is 33.9. The van der Waals surface area contributed by atoms with Gasteiger partial charge in [0, 0.05) is 17.1 Å². The third-order valence-electron chi connectivity index (χ3n) is 6.19. The predicted molar refractivity (Wildman–Crippen MR) is 155 cm³/mol. The molecule has 6 aromatic rings. The summed E-state index contributed by atoms with van der Waals surface area (Å²) in [5.41, 5.74) is 1.78. The maximum atomic E-state index is 11.3. The second kappa shape index (κ2) is 11.8. The molecule has 13 heteroatoms. The Morgan fingerprint density at radius 1 is 0.524 bits per heavy atom. The number of phenols is 2. The van der Waals surface area contributed by atoms with Gasteiger partial charge in [0.15, 0.2) is 0 Å². The van der Waals surface area contributed by atoms with Crippen LogP contribution in [0.5, 0.6) is 11.5 Å². The standard InChI is InChI=1S/C29H22N6O5S.Na/c36-24-9-3-17-1-5-22(13-19(17)15-24)31-28-33-27(30-21-7-11-26(12-8-21)41(38,39)40)34-29(35-28)32-23-6-2-18-4-10-25(37)16-20(18)14-23;/h1-16,36-37H,(H,38,39,40)(H3,30,31,32,33,34,35);/q;+1/p-1. The molecular weight excluding hydrogens is 567 g/mol. The van der Waals surface area contributed by atoms with Crippen LogP contribution in [0.2, 0.25) is 0 Å². The van der Waals surface area contributed by atoms with Gasteiger partial charge in [0.05, 0.1) is 4.90 Å². The van der Waals surface area contributed by atoms with Gasteiger partial charge in [0.25, 0.3) is 0 Å². The van der Waals surface area contributed by atoms with Crippen molar-refractivity contribution in [2.75, 3.05) is 16.0 Å². The fourth-order valence-electron chi connectivity index (χ4n) is 4.26. The van der Waals surface area contributed by atoms with Gasteiger partial charge in [0.2, 0.25) is 17.8 Å². The van der Waals surface area contributed by atoms with E-state index in [2.05, 4.69) is 30.9 Å². The first kappa shape index (κ1) is 29.0. The summed E-state index contributed by atoms with van der Waals surface area (Å²) in [7, 11) is -4.58. The molecule has 5 aromatic carbocycles. The zero-order chi connectivity index (χ0) is 28.6. The van der Waals surface area contributed by atoms with Crippen LogP contribution in [0.1, 0.15) is 0 Å². The maximum Gasteiger partial charge on any atom is 1.00 e. The number of hydrogen-bond acceptors (Lipinski definition) is 11. The van der Waals surface area contributed by atoms with Crippen molar-refractivity contribution >= 4 is 66.6 Å². The second-order valence-corrected chi connectivity index (χ2v) is 10.5.